The van der Waals surface area contributed by atoms with E-state index in [2.05, 4.69) is 15.6 Å². The molecule has 2 aromatic carbocycles. The topological polar surface area (TPSA) is 59.0 Å². The van der Waals surface area contributed by atoms with Crippen LogP contribution in [0.2, 0.25) is 0 Å². The van der Waals surface area contributed by atoms with E-state index in [1.165, 1.54) is 0 Å². The lowest BCUT2D eigenvalue weighted by molar-refractivity contribution is 0.262. The summed E-state index contributed by atoms with van der Waals surface area (Å²) in [5, 5.41) is 8.71. The number of fused-ring (bicyclic) bond motifs is 2. The van der Waals surface area contributed by atoms with E-state index in [1.807, 2.05) is 72.4 Å². The van der Waals surface area contributed by atoms with Gasteiger partial charge in [-0.05, 0) is 35.7 Å². The van der Waals surface area contributed by atoms with Crippen molar-refractivity contribution in [2.45, 2.75) is 0 Å². The Morgan fingerprint density at radius 3 is 2.79 bits per heavy atom. The molecule has 0 saturated heterocycles. The molecule has 0 aliphatic rings. The third kappa shape index (κ3) is 2.56. The van der Waals surface area contributed by atoms with Gasteiger partial charge in [-0.3, -0.25) is 5.32 Å². The van der Waals surface area contributed by atoms with E-state index in [0.29, 0.717) is 5.82 Å². The lowest BCUT2D eigenvalue weighted by Crippen LogP contribution is -2.20. The van der Waals surface area contributed by atoms with Crippen molar-refractivity contribution in [1.29, 1.82) is 0 Å². The Kier molecular flexibility index (Phi) is 3.39. The third-order valence-corrected chi connectivity index (χ3v) is 4.05. The van der Waals surface area contributed by atoms with Crippen LogP contribution in [0, 0.1) is 0 Å². The maximum Gasteiger partial charge on any atom is 0.324 e. The molecule has 4 rings (SSSR count). The van der Waals surface area contributed by atoms with Gasteiger partial charge in [0.25, 0.3) is 0 Å². The predicted molar refractivity (Wildman–Crippen MR) is 97.3 cm³/mol. The highest BCUT2D eigenvalue weighted by molar-refractivity contribution is 6.05. The van der Waals surface area contributed by atoms with Gasteiger partial charge in [-0.25, -0.2) is 9.78 Å². The lowest BCUT2D eigenvalue weighted by Gasteiger charge is -2.09. The fourth-order valence-electron chi connectivity index (χ4n) is 2.85. The van der Waals surface area contributed by atoms with Crippen molar-refractivity contribution in [2.24, 2.45) is 7.05 Å². The lowest BCUT2D eigenvalue weighted by atomic mass is 10.1. The van der Waals surface area contributed by atoms with Gasteiger partial charge in [0.05, 0.1) is 0 Å². The first-order valence-corrected chi connectivity index (χ1v) is 7.67. The predicted octanol–water partition coefficient (Wildman–Crippen LogP) is 4.37. The van der Waals surface area contributed by atoms with Crippen LogP contribution in [0.15, 0.2) is 67.0 Å². The van der Waals surface area contributed by atoms with Crippen LogP contribution in [-0.2, 0) is 7.05 Å². The van der Waals surface area contributed by atoms with Crippen LogP contribution >= 0.6 is 0 Å². The number of hydrogen-bond acceptors (Lipinski definition) is 2. The van der Waals surface area contributed by atoms with E-state index >= 15 is 0 Å². The number of anilines is 2. The van der Waals surface area contributed by atoms with Gasteiger partial charge in [-0.15, -0.1) is 0 Å². The van der Waals surface area contributed by atoms with Crippen LogP contribution in [0.25, 0.3) is 21.7 Å². The Morgan fingerprint density at radius 2 is 1.88 bits per heavy atom. The van der Waals surface area contributed by atoms with Gasteiger partial charge in [0, 0.05) is 41.4 Å². The number of rotatable bonds is 2. The van der Waals surface area contributed by atoms with Crippen LogP contribution in [0.4, 0.5) is 16.3 Å². The molecule has 118 valence electrons. The standard InChI is InChI=1S/C19H16N4O/c1-23-11-9-14-12-15(6-7-17(14)23)21-19(24)22-18-16-5-3-2-4-13(16)8-10-20-18/h2-12H,1H3,(H2,20,21,22,24). The number of urea groups is 1. The molecule has 2 amide bonds. The van der Waals surface area contributed by atoms with Crippen LogP contribution in [0.1, 0.15) is 0 Å². The average Bonchev–Trinajstić information content (AvgIpc) is 2.96. The third-order valence-electron chi connectivity index (χ3n) is 4.05. The summed E-state index contributed by atoms with van der Waals surface area (Å²) in [5.74, 6) is 0.548. The molecular weight excluding hydrogens is 300 g/mol. The highest BCUT2D eigenvalue weighted by Gasteiger charge is 2.08. The molecule has 0 atom stereocenters. The highest BCUT2D eigenvalue weighted by Crippen LogP contribution is 2.22. The maximum atomic E-state index is 12.3. The van der Waals surface area contributed by atoms with Gasteiger partial charge in [0.2, 0.25) is 0 Å². The number of amides is 2. The Balaban J connectivity index is 1.57. The molecule has 0 aliphatic carbocycles. The summed E-state index contributed by atoms with van der Waals surface area (Å²) in [6, 6.07) is 17.3. The maximum absolute atomic E-state index is 12.3. The molecule has 2 heterocycles. The minimum absolute atomic E-state index is 0.311. The smallest absolute Gasteiger partial charge is 0.324 e. The monoisotopic (exact) mass is 316 g/mol. The van der Waals surface area contributed by atoms with Crippen LogP contribution in [-0.4, -0.2) is 15.6 Å². The quantitative estimate of drug-likeness (QED) is 0.577. The summed E-state index contributed by atoms with van der Waals surface area (Å²) in [5.41, 5.74) is 1.86. The molecule has 5 nitrogen and oxygen atoms in total. The minimum atomic E-state index is -0.311. The first-order chi connectivity index (χ1) is 11.7. The number of aryl methyl sites for hydroxylation is 1. The molecule has 0 unspecified atom stereocenters. The van der Waals surface area contributed by atoms with E-state index in [0.717, 1.165) is 27.4 Å². The number of carbonyl (C=O) groups is 1. The second-order valence-corrected chi connectivity index (χ2v) is 5.66. The molecular formula is C19H16N4O. The molecule has 5 heteroatoms. The molecule has 0 bridgehead atoms. The normalized spacial score (nSPS) is 10.9. The van der Waals surface area contributed by atoms with Gasteiger partial charge in [0.1, 0.15) is 5.82 Å². The Labute approximate surface area is 138 Å². The summed E-state index contributed by atoms with van der Waals surface area (Å²) >= 11 is 0. The molecule has 2 aromatic heterocycles. The van der Waals surface area contributed by atoms with Crippen molar-refractivity contribution in [1.82, 2.24) is 9.55 Å². The summed E-state index contributed by atoms with van der Waals surface area (Å²) in [4.78, 5) is 16.6. The van der Waals surface area contributed by atoms with Crippen LogP contribution < -0.4 is 10.6 Å². The molecule has 2 N–H and O–H groups in total. The number of aromatic nitrogens is 2. The van der Waals surface area contributed by atoms with Gasteiger partial charge in [-0.2, -0.15) is 0 Å². The molecule has 0 saturated carbocycles. The minimum Gasteiger partial charge on any atom is -0.351 e. The van der Waals surface area contributed by atoms with Crippen molar-refractivity contribution in [2.75, 3.05) is 10.6 Å². The SMILES string of the molecule is Cn1ccc2cc(NC(=O)Nc3nccc4ccccc34)ccc21. The Bertz CT molecular complexity index is 1050. The van der Waals surface area contributed by atoms with Gasteiger partial charge < -0.3 is 9.88 Å². The number of nitrogens with one attached hydrogen (secondary N) is 2. The van der Waals surface area contributed by atoms with Crippen LogP contribution in [0.5, 0.6) is 0 Å². The van der Waals surface area contributed by atoms with E-state index < -0.39 is 0 Å². The van der Waals surface area contributed by atoms with E-state index in [4.69, 9.17) is 0 Å². The summed E-state index contributed by atoms with van der Waals surface area (Å²) in [7, 11) is 1.99. The molecule has 0 radical (unpaired) electrons. The zero-order valence-corrected chi connectivity index (χ0v) is 13.2. The Morgan fingerprint density at radius 1 is 1.00 bits per heavy atom. The largest absolute Gasteiger partial charge is 0.351 e. The highest BCUT2D eigenvalue weighted by atomic mass is 16.2. The molecule has 0 aliphatic heterocycles. The van der Waals surface area contributed by atoms with Crippen molar-refractivity contribution in [3.05, 3.63) is 67.0 Å². The number of pyridine rings is 1. The number of benzene rings is 2. The van der Waals surface area contributed by atoms with Crippen molar-refractivity contribution < 1.29 is 4.79 Å². The molecule has 4 aromatic rings. The second-order valence-electron chi connectivity index (χ2n) is 5.66. The van der Waals surface area contributed by atoms with Crippen molar-refractivity contribution in [3.63, 3.8) is 0 Å². The average molecular weight is 316 g/mol. The van der Waals surface area contributed by atoms with Crippen molar-refractivity contribution >= 4 is 39.2 Å². The van der Waals surface area contributed by atoms with E-state index in [9.17, 15) is 4.79 Å². The van der Waals surface area contributed by atoms with Gasteiger partial charge in [-0.1, -0.05) is 24.3 Å². The number of carbonyl (C=O) groups excluding carboxylic acids is 1. The molecule has 0 fully saturated rings. The summed E-state index contributed by atoms with van der Waals surface area (Å²) in [6.45, 7) is 0. The first kappa shape index (κ1) is 14.3. The first-order valence-electron chi connectivity index (χ1n) is 7.67. The molecule has 24 heavy (non-hydrogen) atoms. The fourth-order valence-corrected chi connectivity index (χ4v) is 2.85. The van der Waals surface area contributed by atoms with E-state index in [1.54, 1.807) is 6.20 Å². The van der Waals surface area contributed by atoms with Gasteiger partial charge in [0.15, 0.2) is 0 Å². The summed E-state index contributed by atoms with van der Waals surface area (Å²) < 4.78 is 2.04. The molecule has 0 spiro atoms. The van der Waals surface area contributed by atoms with Crippen LogP contribution in [0.3, 0.4) is 0 Å². The van der Waals surface area contributed by atoms with Crippen molar-refractivity contribution in [3.8, 4) is 0 Å². The Hall–Kier alpha value is -3.34. The fraction of sp³-hybridized carbons (Fsp3) is 0.0526. The number of hydrogen-bond donors (Lipinski definition) is 2. The summed E-state index contributed by atoms with van der Waals surface area (Å²) in [6.07, 6.45) is 3.68. The number of nitrogens with zero attached hydrogens (tertiary/aromatic N) is 2. The second kappa shape index (κ2) is 5.70. The zero-order valence-electron chi connectivity index (χ0n) is 13.2. The zero-order chi connectivity index (χ0) is 16.5. The van der Waals surface area contributed by atoms with Gasteiger partial charge >= 0.3 is 6.03 Å². The van der Waals surface area contributed by atoms with E-state index in [-0.39, 0.29) is 6.03 Å².